The largest absolute Gasteiger partial charge is 0.341 e. The summed E-state index contributed by atoms with van der Waals surface area (Å²) in [6.45, 7) is 4.56. The number of amides is 1. The number of likely N-dealkylation sites (tertiary alicyclic amines) is 2. The molecule has 2 aliphatic rings. The van der Waals surface area contributed by atoms with E-state index in [1.807, 2.05) is 4.90 Å². The van der Waals surface area contributed by atoms with Gasteiger partial charge in [0.05, 0.1) is 0 Å². The van der Waals surface area contributed by atoms with Gasteiger partial charge in [0.25, 0.3) is 0 Å². The second kappa shape index (κ2) is 7.31. The normalized spacial score (nSPS) is 25.9. The van der Waals surface area contributed by atoms with E-state index >= 15 is 0 Å². The molecule has 1 amide bonds. The van der Waals surface area contributed by atoms with Crippen LogP contribution in [-0.4, -0.2) is 48.4 Å². The van der Waals surface area contributed by atoms with Crippen molar-refractivity contribution in [2.24, 2.45) is 0 Å². The molecule has 2 rings (SSSR count). The lowest BCUT2D eigenvalue weighted by Gasteiger charge is -2.25. The van der Waals surface area contributed by atoms with Crippen molar-refractivity contribution in [3.63, 3.8) is 0 Å². The van der Waals surface area contributed by atoms with Gasteiger partial charge in [-0.1, -0.05) is 0 Å². The van der Waals surface area contributed by atoms with Crippen molar-refractivity contribution in [3.8, 4) is 0 Å². The molecule has 0 saturated carbocycles. The molecule has 15 heavy (non-hydrogen) atoms. The molecule has 0 bridgehead atoms. The van der Waals surface area contributed by atoms with E-state index in [-0.39, 0.29) is 24.8 Å². The van der Waals surface area contributed by atoms with Gasteiger partial charge in [-0.3, -0.25) is 4.79 Å². The van der Waals surface area contributed by atoms with Gasteiger partial charge in [0.2, 0.25) is 6.41 Å². The second-order valence-corrected chi connectivity index (χ2v) is 4.15. The molecular formula is C10H20Cl2N2O. The smallest absolute Gasteiger partial charge is 0.209 e. The van der Waals surface area contributed by atoms with Crippen molar-refractivity contribution in [1.29, 1.82) is 0 Å². The number of halogens is 2. The van der Waals surface area contributed by atoms with Crippen LogP contribution in [0, 0.1) is 0 Å². The van der Waals surface area contributed by atoms with Gasteiger partial charge in [0.15, 0.2) is 0 Å². The van der Waals surface area contributed by atoms with Gasteiger partial charge in [-0.05, 0) is 38.8 Å². The number of nitrogens with zero attached hydrogens (tertiary/aromatic N) is 2. The van der Waals surface area contributed by atoms with E-state index in [1.54, 1.807) is 0 Å². The van der Waals surface area contributed by atoms with Gasteiger partial charge in [-0.15, -0.1) is 24.8 Å². The van der Waals surface area contributed by atoms with E-state index in [4.69, 9.17) is 0 Å². The highest BCUT2D eigenvalue weighted by molar-refractivity contribution is 5.85. The first-order valence-corrected chi connectivity index (χ1v) is 5.33. The molecule has 1 unspecified atom stereocenters. The third-order valence-electron chi connectivity index (χ3n) is 3.23. The minimum absolute atomic E-state index is 0. The monoisotopic (exact) mass is 254 g/mol. The highest BCUT2D eigenvalue weighted by Gasteiger charge is 2.25. The zero-order valence-corrected chi connectivity index (χ0v) is 10.6. The molecule has 0 aromatic heterocycles. The third kappa shape index (κ3) is 3.82. The number of carbonyl (C=O) groups is 1. The molecular weight excluding hydrogens is 235 g/mol. The van der Waals surface area contributed by atoms with Gasteiger partial charge in [-0.25, -0.2) is 0 Å². The third-order valence-corrected chi connectivity index (χ3v) is 3.23. The summed E-state index contributed by atoms with van der Waals surface area (Å²) in [5.74, 6) is 0. The molecule has 0 radical (unpaired) electrons. The average molecular weight is 255 g/mol. The van der Waals surface area contributed by atoms with Gasteiger partial charge >= 0.3 is 0 Å². The summed E-state index contributed by atoms with van der Waals surface area (Å²) in [6.07, 6.45) is 6.10. The second-order valence-electron chi connectivity index (χ2n) is 4.15. The van der Waals surface area contributed by atoms with Gasteiger partial charge in [0.1, 0.15) is 0 Å². The lowest BCUT2D eigenvalue weighted by atomic mass is 10.2. The predicted octanol–water partition coefficient (Wildman–Crippen LogP) is 1.55. The number of rotatable bonds is 3. The first kappa shape index (κ1) is 15.0. The van der Waals surface area contributed by atoms with Crippen LogP contribution in [0.4, 0.5) is 0 Å². The summed E-state index contributed by atoms with van der Waals surface area (Å²) in [7, 11) is 0. The fourth-order valence-corrected chi connectivity index (χ4v) is 2.46. The maximum Gasteiger partial charge on any atom is 0.209 e. The van der Waals surface area contributed by atoms with Crippen LogP contribution in [0.1, 0.15) is 25.7 Å². The lowest BCUT2D eigenvalue weighted by Crippen LogP contribution is -2.38. The fourth-order valence-electron chi connectivity index (χ4n) is 2.46. The average Bonchev–Trinajstić information content (AvgIpc) is 2.76. The number of hydrogen-bond donors (Lipinski definition) is 0. The Kier molecular flexibility index (Phi) is 7.32. The zero-order chi connectivity index (χ0) is 9.10. The van der Waals surface area contributed by atoms with Gasteiger partial charge in [-0.2, -0.15) is 0 Å². The summed E-state index contributed by atoms with van der Waals surface area (Å²) in [5, 5.41) is 0. The number of carbonyl (C=O) groups excluding carboxylic acids is 1. The lowest BCUT2D eigenvalue weighted by molar-refractivity contribution is -0.119. The first-order chi connectivity index (χ1) is 6.40. The maximum absolute atomic E-state index is 10.7. The predicted molar refractivity (Wildman–Crippen MR) is 66.0 cm³/mol. The van der Waals surface area contributed by atoms with Crippen molar-refractivity contribution < 1.29 is 4.79 Å². The molecule has 0 N–H and O–H groups in total. The van der Waals surface area contributed by atoms with Crippen LogP contribution < -0.4 is 0 Å². The Hall–Kier alpha value is 0.01000. The molecule has 2 heterocycles. The Morgan fingerprint density at radius 2 is 1.73 bits per heavy atom. The van der Waals surface area contributed by atoms with Gasteiger partial charge < -0.3 is 9.80 Å². The van der Waals surface area contributed by atoms with Crippen molar-refractivity contribution in [2.75, 3.05) is 26.2 Å². The summed E-state index contributed by atoms with van der Waals surface area (Å²) in [4.78, 5) is 15.2. The fraction of sp³-hybridized carbons (Fsp3) is 0.900. The zero-order valence-electron chi connectivity index (χ0n) is 8.93. The summed E-state index contributed by atoms with van der Waals surface area (Å²) >= 11 is 0. The van der Waals surface area contributed by atoms with Crippen LogP contribution in [0.3, 0.4) is 0 Å². The Bertz CT molecular complexity index is 186. The van der Waals surface area contributed by atoms with Crippen LogP contribution in [0.5, 0.6) is 0 Å². The molecule has 0 aromatic rings. The Morgan fingerprint density at radius 3 is 2.33 bits per heavy atom. The molecule has 3 nitrogen and oxygen atoms in total. The van der Waals surface area contributed by atoms with E-state index in [2.05, 4.69) is 4.90 Å². The van der Waals surface area contributed by atoms with Gasteiger partial charge in [0, 0.05) is 19.1 Å². The minimum atomic E-state index is 0. The van der Waals surface area contributed by atoms with Crippen LogP contribution in [-0.2, 0) is 4.79 Å². The first-order valence-electron chi connectivity index (χ1n) is 5.33. The number of hydrogen-bond acceptors (Lipinski definition) is 2. The van der Waals surface area contributed by atoms with Crippen molar-refractivity contribution >= 4 is 31.2 Å². The molecule has 2 fully saturated rings. The summed E-state index contributed by atoms with van der Waals surface area (Å²) in [6, 6.07) is 0.510. The molecule has 0 aromatic carbocycles. The Balaban J connectivity index is 0.000000980. The Morgan fingerprint density at radius 1 is 1.07 bits per heavy atom. The highest BCUT2D eigenvalue weighted by atomic mass is 35.5. The van der Waals surface area contributed by atoms with Crippen LogP contribution in [0.2, 0.25) is 0 Å². The molecule has 0 spiro atoms. The van der Waals surface area contributed by atoms with E-state index in [0.717, 1.165) is 19.5 Å². The molecule has 1 atom stereocenters. The van der Waals surface area contributed by atoms with E-state index < -0.39 is 0 Å². The summed E-state index contributed by atoms with van der Waals surface area (Å²) < 4.78 is 0. The minimum Gasteiger partial charge on any atom is -0.341 e. The van der Waals surface area contributed by atoms with E-state index in [0.29, 0.717) is 6.04 Å². The van der Waals surface area contributed by atoms with Crippen LogP contribution in [0.15, 0.2) is 0 Å². The molecule has 2 aliphatic heterocycles. The maximum atomic E-state index is 10.7. The quantitative estimate of drug-likeness (QED) is 0.714. The SMILES string of the molecule is Cl.Cl.O=CN1CCCC1CN1CCCC1. The van der Waals surface area contributed by atoms with Crippen molar-refractivity contribution in [3.05, 3.63) is 0 Å². The van der Waals surface area contributed by atoms with Crippen molar-refractivity contribution in [2.45, 2.75) is 31.7 Å². The van der Waals surface area contributed by atoms with E-state index in [1.165, 1.54) is 38.8 Å². The molecule has 90 valence electrons. The van der Waals surface area contributed by atoms with Crippen molar-refractivity contribution in [1.82, 2.24) is 9.80 Å². The topological polar surface area (TPSA) is 23.6 Å². The molecule has 2 saturated heterocycles. The summed E-state index contributed by atoms with van der Waals surface area (Å²) in [5.41, 5.74) is 0. The standard InChI is InChI=1S/C10H18N2O.2ClH/c13-9-12-7-3-4-10(12)8-11-5-1-2-6-11;;/h9-10H,1-8H2;2*1H. The molecule has 0 aliphatic carbocycles. The van der Waals surface area contributed by atoms with E-state index in [9.17, 15) is 4.79 Å². The molecule has 5 heteroatoms. The van der Waals surface area contributed by atoms with Crippen LogP contribution in [0.25, 0.3) is 0 Å². The highest BCUT2D eigenvalue weighted by Crippen LogP contribution is 2.18. The van der Waals surface area contributed by atoms with Crippen LogP contribution >= 0.6 is 24.8 Å². The Labute approximate surface area is 104 Å².